The maximum absolute atomic E-state index is 12.6. The van der Waals surface area contributed by atoms with Gasteiger partial charge in [0.15, 0.2) is 0 Å². The fourth-order valence-corrected chi connectivity index (χ4v) is 4.09. The highest BCUT2D eigenvalue weighted by atomic mass is 32.2. The van der Waals surface area contributed by atoms with E-state index in [1.54, 1.807) is 37.3 Å². The summed E-state index contributed by atoms with van der Waals surface area (Å²) >= 11 is 0. The third-order valence-electron chi connectivity index (χ3n) is 3.60. The number of rotatable bonds is 5. The summed E-state index contributed by atoms with van der Waals surface area (Å²) in [7, 11) is -3.63. The Balaban J connectivity index is 2.21. The van der Waals surface area contributed by atoms with Gasteiger partial charge in [0.1, 0.15) is 6.04 Å². The van der Waals surface area contributed by atoms with E-state index < -0.39 is 16.1 Å². The molecular weight excluding hydrogens is 290 g/mol. The van der Waals surface area contributed by atoms with Gasteiger partial charge in [0.05, 0.1) is 4.90 Å². The highest BCUT2D eigenvalue weighted by Crippen LogP contribution is 2.26. The van der Waals surface area contributed by atoms with Crippen molar-refractivity contribution in [3.05, 3.63) is 30.3 Å². The quantitative estimate of drug-likeness (QED) is 0.818. The molecule has 1 saturated heterocycles. The smallest absolute Gasteiger partial charge is 0.243 e. The Kier molecular flexibility index (Phi) is 4.97. The largest absolute Gasteiger partial charge is 0.351 e. The van der Waals surface area contributed by atoms with E-state index in [1.807, 2.05) is 0 Å². The van der Waals surface area contributed by atoms with Crippen molar-refractivity contribution < 1.29 is 13.2 Å². The highest BCUT2D eigenvalue weighted by molar-refractivity contribution is 7.89. The van der Waals surface area contributed by atoms with Gasteiger partial charge in [-0.15, -0.1) is 0 Å². The van der Waals surface area contributed by atoms with Crippen LogP contribution < -0.4 is 11.1 Å². The number of carbonyl (C=O) groups excluding carboxylic acids is 1. The summed E-state index contributed by atoms with van der Waals surface area (Å²) in [5, 5.41) is 2.75. The average molecular weight is 311 g/mol. The van der Waals surface area contributed by atoms with Crippen molar-refractivity contribution in [2.75, 3.05) is 13.1 Å². The fourth-order valence-electron chi connectivity index (χ4n) is 2.42. The van der Waals surface area contributed by atoms with Crippen LogP contribution in [0.1, 0.15) is 19.8 Å². The number of amides is 1. The number of nitrogens with two attached hydrogens (primary N) is 1. The summed E-state index contributed by atoms with van der Waals surface area (Å²) in [6.07, 6.45) is 1.22. The van der Waals surface area contributed by atoms with E-state index in [-0.39, 0.29) is 16.8 Å². The van der Waals surface area contributed by atoms with E-state index >= 15 is 0 Å². The molecule has 0 spiro atoms. The molecule has 1 unspecified atom stereocenters. The van der Waals surface area contributed by atoms with E-state index in [0.29, 0.717) is 25.9 Å². The van der Waals surface area contributed by atoms with Gasteiger partial charge in [-0.3, -0.25) is 4.79 Å². The van der Waals surface area contributed by atoms with Gasteiger partial charge < -0.3 is 11.1 Å². The van der Waals surface area contributed by atoms with Crippen LogP contribution in [0.3, 0.4) is 0 Å². The fraction of sp³-hybridized carbons (Fsp3) is 0.500. The van der Waals surface area contributed by atoms with Gasteiger partial charge in [-0.1, -0.05) is 18.2 Å². The third-order valence-corrected chi connectivity index (χ3v) is 5.52. The zero-order chi connectivity index (χ0) is 15.5. The molecule has 0 aromatic heterocycles. The van der Waals surface area contributed by atoms with Gasteiger partial charge in [-0.2, -0.15) is 4.31 Å². The van der Waals surface area contributed by atoms with Crippen molar-refractivity contribution in [3.8, 4) is 0 Å². The Morgan fingerprint density at radius 2 is 2.10 bits per heavy atom. The maximum Gasteiger partial charge on any atom is 0.243 e. The molecule has 3 N–H and O–H groups in total. The molecule has 1 fully saturated rings. The first-order valence-electron chi connectivity index (χ1n) is 7.04. The number of sulfonamides is 1. The lowest BCUT2D eigenvalue weighted by molar-refractivity contribution is -0.124. The van der Waals surface area contributed by atoms with Crippen LogP contribution in [-0.2, 0) is 14.8 Å². The van der Waals surface area contributed by atoms with Crippen molar-refractivity contribution >= 4 is 15.9 Å². The number of hydrogen-bond donors (Lipinski definition) is 2. The summed E-state index contributed by atoms with van der Waals surface area (Å²) in [4.78, 5) is 12.4. The van der Waals surface area contributed by atoms with Gasteiger partial charge in [-0.25, -0.2) is 8.42 Å². The van der Waals surface area contributed by atoms with Crippen LogP contribution in [0.4, 0.5) is 0 Å². The van der Waals surface area contributed by atoms with E-state index in [9.17, 15) is 13.2 Å². The average Bonchev–Trinajstić information content (AvgIpc) is 2.98. The predicted molar refractivity (Wildman–Crippen MR) is 80.0 cm³/mol. The maximum atomic E-state index is 12.6. The monoisotopic (exact) mass is 311 g/mol. The Bertz CT molecular complexity index is 589. The van der Waals surface area contributed by atoms with Gasteiger partial charge in [0.25, 0.3) is 0 Å². The van der Waals surface area contributed by atoms with Gasteiger partial charge in [0.2, 0.25) is 15.9 Å². The number of benzene rings is 1. The second-order valence-electron chi connectivity index (χ2n) is 5.23. The second-order valence-corrected chi connectivity index (χ2v) is 7.12. The molecule has 1 aliphatic heterocycles. The normalized spacial score (nSPS) is 21.1. The standard InChI is InChI=1S/C14H21N3O3S/c1-11(10-15)16-14(18)13-8-5-9-17(13)21(19,20)12-6-3-2-4-7-12/h2-4,6-7,11,13H,5,8-10,15H2,1H3,(H,16,18)/t11-,13?/m0/s1. The zero-order valence-corrected chi connectivity index (χ0v) is 12.8. The van der Waals surface area contributed by atoms with Crippen LogP contribution in [0.25, 0.3) is 0 Å². The first-order chi connectivity index (χ1) is 9.96. The Labute approximate surface area is 125 Å². The summed E-state index contributed by atoms with van der Waals surface area (Å²) < 4.78 is 26.5. The molecule has 116 valence electrons. The molecule has 2 atom stereocenters. The van der Waals surface area contributed by atoms with Gasteiger partial charge in [0, 0.05) is 19.1 Å². The van der Waals surface area contributed by atoms with E-state index in [1.165, 1.54) is 4.31 Å². The molecule has 0 bridgehead atoms. The molecule has 0 radical (unpaired) electrons. The highest BCUT2D eigenvalue weighted by Gasteiger charge is 2.39. The zero-order valence-electron chi connectivity index (χ0n) is 12.0. The number of nitrogens with zero attached hydrogens (tertiary/aromatic N) is 1. The Morgan fingerprint density at radius 1 is 1.43 bits per heavy atom. The molecule has 6 nitrogen and oxygen atoms in total. The van der Waals surface area contributed by atoms with E-state index in [0.717, 1.165) is 0 Å². The van der Waals surface area contributed by atoms with E-state index in [4.69, 9.17) is 5.73 Å². The van der Waals surface area contributed by atoms with Crippen LogP contribution in [0.2, 0.25) is 0 Å². The first-order valence-corrected chi connectivity index (χ1v) is 8.48. The topological polar surface area (TPSA) is 92.5 Å². The molecule has 21 heavy (non-hydrogen) atoms. The molecule has 1 amide bonds. The summed E-state index contributed by atoms with van der Waals surface area (Å²) in [6.45, 7) is 2.49. The van der Waals surface area contributed by atoms with Crippen molar-refractivity contribution in [3.63, 3.8) is 0 Å². The van der Waals surface area contributed by atoms with Crippen molar-refractivity contribution in [1.29, 1.82) is 0 Å². The van der Waals surface area contributed by atoms with Crippen molar-refractivity contribution in [1.82, 2.24) is 9.62 Å². The van der Waals surface area contributed by atoms with Crippen molar-refractivity contribution in [2.45, 2.75) is 36.7 Å². The molecule has 7 heteroatoms. The minimum Gasteiger partial charge on any atom is -0.351 e. The van der Waals surface area contributed by atoms with Crippen LogP contribution in [-0.4, -0.2) is 43.8 Å². The second kappa shape index (κ2) is 6.55. The summed E-state index contributed by atoms with van der Waals surface area (Å²) in [6, 6.07) is 7.39. The summed E-state index contributed by atoms with van der Waals surface area (Å²) in [5.74, 6) is -0.273. The molecule has 0 aliphatic carbocycles. The minimum absolute atomic E-state index is 0.167. The third kappa shape index (κ3) is 3.42. The lowest BCUT2D eigenvalue weighted by Gasteiger charge is -2.24. The molecule has 1 aliphatic rings. The molecule has 1 aromatic carbocycles. The Hall–Kier alpha value is -1.44. The number of hydrogen-bond acceptors (Lipinski definition) is 4. The Morgan fingerprint density at radius 3 is 2.71 bits per heavy atom. The lowest BCUT2D eigenvalue weighted by Crippen LogP contribution is -2.49. The van der Waals surface area contributed by atoms with Crippen LogP contribution in [0.15, 0.2) is 35.2 Å². The molecule has 2 rings (SSSR count). The summed E-state index contributed by atoms with van der Waals surface area (Å²) in [5.41, 5.74) is 5.48. The molecule has 1 heterocycles. The molecular formula is C14H21N3O3S. The van der Waals surface area contributed by atoms with Crippen LogP contribution >= 0.6 is 0 Å². The van der Waals surface area contributed by atoms with Crippen molar-refractivity contribution in [2.24, 2.45) is 5.73 Å². The number of carbonyl (C=O) groups is 1. The van der Waals surface area contributed by atoms with Crippen LogP contribution in [0.5, 0.6) is 0 Å². The molecule has 0 saturated carbocycles. The predicted octanol–water partition coefficient (Wildman–Crippen LogP) is 0.303. The first kappa shape index (κ1) is 15.9. The number of nitrogens with one attached hydrogen (secondary N) is 1. The van der Waals surface area contributed by atoms with Crippen LogP contribution in [0, 0.1) is 0 Å². The lowest BCUT2D eigenvalue weighted by atomic mass is 10.2. The SMILES string of the molecule is C[C@@H](CN)NC(=O)C1CCCN1S(=O)(=O)c1ccccc1. The van der Waals surface area contributed by atoms with Gasteiger partial charge in [-0.05, 0) is 31.9 Å². The van der Waals surface area contributed by atoms with Gasteiger partial charge >= 0.3 is 0 Å². The van der Waals surface area contributed by atoms with E-state index in [2.05, 4.69) is 5.32 Å². The minimum atomic E-state index is -3.63. The molecule has 1 aromatic rings.